The van der Waals surface area contributed by atoms with Crippen molar-refractivity contribution in [2.75, 3.05) is 13.1 Å². The van der Waals surface area contributed by atoms with Crippen LogP contribution in [0.1, 0.15) is 46.0 Å². The standard InChI is InChI=1S/C11H25N3O2S/c1-10(2)8-13-17(15,16)14-11(9-12)6-4-3-5-7-11/h10,13-14H,3-9,12H2,1-2H3. The van der Waals surface area contributed by atoms with E-state index in [4.69, 9.17) is 5.73 Å². The number of nitrogens with one attached hydrogen (secondary N) is 2. The third kappa shape index (κ3) is 4.91. The molecule has 1 saturated carbocycles. The van der Waals surface area contributed by atoms with E-state index in [9.17, 15) is 8.42 Å². The van der Waals surface area contributed by atoms with Crippen molar-refractivity contribution in [2.45, 2.75) is 51.5 Å². The minimum absolute atomic E-state index is 0.298. The molecule has 0 radical (unpaired) electrons. The van der Waals surface area contributed by atoms with Gasteiger partial charge in [0, 0.05) is 18.6 Å². The van der Waals surface area contributed by atoms with Gasteiger partial charge in [0.25, 0.3) is 10.2 Å². The van der Waals surface area contributed by atoms with E-state index >= 15 is 0 Å². The molecule has 0 bridgehead atoms. The summed E-state index contributed by atoms with van der Waals surface area (Å²) in [6, 6.07) is 0. The lowest BCUT2D eigenvalue weighted by molar-refractivity contribution is 0.275. The van der Waals surface area contributed by atoms with E-state index in [1.807, 2.05) is 13.8 Å². The molecule has 0 atom stereocenters. The van der Waals surface area contributed by atoms with Gasteiger partial charge >= 0.3 is 0 Å². The SMILES string of the molecule is CC(C)CNS(=O)(=O)NC1(CN)CCCCC1. The molecule has 0 spiro atoms. The zero-order valence-corrected chi connectivity index (χ0v) is 11.6. The number of rotatable bonds is 6. The van der Waals surface area contributed by atoms with Gasteiger partial charge in [0.1, 0.15) is 0 Å². The number of hydrogen-bond donors (Lipinski definition) is 3. The van der Waals surface area contributed by atoms with E-state index < -0.39 is 15.7 Å². The Bertz CT molecular complexity index is 322. The van der Waals surface area contributed by atoms with Crippen LogP contribution in [-0.2, 0) is 10.2 Å². The van der Waals surface area contributed by atoms with Crippen LogP contribution in [0.3, 0.4) is 0 Å². The Labute approximate surface area is 105 Å². The second-order valence-electron chi connectivity index (χ2n) is 5.39. The molecular formula is C11H25N3O2S. The summed E-state index contributed by atoms with van der Waals surface area (Å²) in [6.45, 7) is 4.77. The van der Waals surface area contributed by atoms with Crippen molar-refractivity contribution < 1.29 is 8.42 Å². The first-order chi connectivity index (χ1) is 7.89. The van der Waals surface area contributed by atoms with Crippen molar-refractivity contribution in [2.24, 2.45) is 11.7 Å². The fraction of sp³-hybridized carbons (Fsp3) is 1.00. The zero-order valence-electron chi connectivity index (χ0n) is 10.8. The third-order valence-electron chi connectivity index (χ3n) is 3.23. The van der Waals surface area contributed by atoms with E-state index in [-0.39, 0.29) is 0 Å². The van der Waals surface area contributed by atoms with Crippen LogP contribution in [0, 0.1) is 5.92 Å². The van der Waals surface area contributed by atoms with Crippen LogP contribution in [0.15, 0.2) is 0 Å². The highest BCUT2D eigenvalue weighted by molar-refractivity contribution is 7.87. The zero-order chi connectivity index (χ0) is 12.9. The molecule has 0 aromatic heterocycles. The van der Waals surface area contributed by atoms with E-state index in [0.717, 1.165) is 25.7 Å². The van der Waals surface area contributed by atoms with E-state index in [2.05, 4.69) is 9.44 Å². The maximum Gasteiger partial charge on any atom is 0.277 e. The van der Waals surface area contributed by atoms with E-state index in [1.165, 1.54) is 6.42 Å². The van der Waals surface area contributed by atoms with Crippen LogP contribution in [0.5, 0.6) is 0 Å². The summed E-state index contributed by atoms with van der Waals surface area (Å²) in [4.78, 5) is 0. The fourth-order valence-electron chi connectivity index (χ4n) is 2.17. The molecule has 0 aromatic carbocycles. The first kappa shape index (κ1) is 14.9. The molecular weight excluding hydrogens is 238 g/mol. The molecule has 17 heavy (non-hydrogen) atoms. The second-order valence-corrected chi connectivity index (χ2v) is 6.89. The molecule has 1 aliphatic carbocycles. The summed E-state index contributed by atoms with van der Waals surface area (Å²) in [5, 5.41) is 0. The third-order valence-corrected chi connectivity index (χ3v) is 4.48. The predicted octanol–water partition coefficient (Wildman–Crippen LogP) is 0.728. The van der Waals surface area contributed by atoms with Crippen molar-refractivity contribution in [1.29, 1.82) is 0 Å². The fourth-order valence-corrected chi connectivity index (χ4v) is 3.66. The first-order valence-electron chi connectivity index (χ1n) is 6.38. The minimum Gasteiger partial charge on any atom is -0.329 e. The van der Waals surface area contributed by atoms with E-state index in [1.54, 1.807) is 0 Å². The molecule has 0 heterocycles. The van der Waals surface area contributed by atoms with Crippen LogP contribution in [0.2, 0.25) is 0 Å². The van der Waals surface area contributed by atoms with Gasteiger partial charge in [-0.25, -0.2) is 4.72 Å². The van der Waals surface area contributed by atoms with Gasteiger partial charge in [-0.05, 0) is 18.8 Å². The van der Waals surface area contributed by atoms with Crippen molar-refractivity contribution in [3.05, 3.63) is 0 Å². The summed E-state index contributed by atoms with van der Waals surface area (Å²) in [5.74, 6) is 0.298. The average molecular weight is 263 g/mol. The van der Waals surface area contributed by atoms with Crippen molar-refractivity contribution in [3.8, 4) is 0 Å². The molecule has 1 rings (SSSR count). The Morgan fingerprint density at radius 1 is 1.24 bits per heavy atom. The Morgan fingerprint density at radius 3 is 2.29 bits per heavy atom. The van der Waals surface area contributed by atoms with Crippen molar-refractivity contribution in [3.63, 3.8) is 0 Å². The molecule has 0 saturated heterocycles. The summed E-state index contributed by atoms with van der Waals surface area (Å²) in [7, 11) is -3.43. The first-order valence-corrected chi connectivity index (χ1v) is 7.86. The lowest BCUT2D eigenvalue weighted by Gasteiger charge is -2.36. The van der Waals surface area contributed by atoms with Gasteiger partial charge in [-0.1, -0.05) is 33.1 Å². The Kier molecular flexibility index (Phi) is 5.37. The highest BCUT2D eigenvalue weighted by Gasteiger charge is 2.34. The Hall–Kier alpha value is -0.170. The largest absolute Gasteiger partial charge is 0.329 e. The monoisotopic (exact) mass is 263 g/mol. The van der Waals surface area contributed by atoms with Crippen molar-refractivity contribution >= 4 is 10.2 Å². The minimum atomic E-state index is -3.43. The summed E-state index contributed by atoms with van der Waals surface area (Å²) in [5.41, 5.74) is 5.32. The summed E-state index contributed by atoms with van der Waals surface area (Å²) in [6.07, 6.45) is 4.94. The Balaban J connectivity index is 2.60. The topological polar surface area (TPSA) is 84.2 Å². The van der Waals surface area contributed by atoms with Gasteiger partial charge in [0.2, 0.25) is 0 Å². The van der Waals surface area contributed by atoms with Crippen molar-refractivity contribution in [1.82, 2.24) is 9.44 Å². The highest BCUT2D eigenvalue weighted by atomic mass is 32.2. The van der Waals surface area contributed by atoms with Crippen LogP contribution in [0.25, 0.3) is 0 Å². The molecule has 5 nitrogen and oxygen atoms in total. The van der Waals surface area contributed by atoms with Gasteiger partial charge in [0.05, 0.1) is 0 Å². The van der Waals surface area contributed by atoms with Gasteiger partial charge < -0.3 is 5.73 Å². The molecule has 4 N–H and O–H groups in total. The Morgan fingerprint density at radius 2 is 1.82 bits per heavy atom. The molecule has 1 fully saturated rings. The van der Waals surface area contributed by atoms with Crippen LogP contribution < -0.4 is 15.2 Å². The van der Waals surface area contributed by atoms with Gasteiger partial charge in [-0.3, -0.25) is 0 Å². The maximum atomic E-state index is 11.9. The number of hydrogen-bond acceptors (Lipinski definition) is 3. The average Bonchev–Trinajstić information content (AvgIpc) is 2.27. The van der Waals surface area contributed by atoms with Crippen LogP contribution in [-0.4, -0.2) is 27.0 Å². The summed E-state index contributed by atoms with van der Waals surface area (Å²) < 4.78 is 29.1. The lowest BCUT2D eigenvalue weighted by atomic mass is 9.83. The number of nitrogens with two attached hydrogens (primary N) is 1. The van der Waals surface area contributed by atoms with Crippen LogP contribution >= 0.6 is 0 Å². The molecule has 0 aromatic rings. The van der Waals surface area contributed by atoms with Gasteiger partial charge in [-0.2, -0.15) is 13.1 Å². The maximum absolute atomic E-state index is 11.9. The molecule has 0 amide bonds. The smallest absolute Gasteiger partial charge is 0.277 e. The second kappa shape index (κ2) is 6.13. The predicted molar refractivity (Wildman–Crippen MR) is 69.8 cm³/mol. The highest BCUT2D eigenvalue weighted by Crippen LogP contribution is 2.27. The van der Waals surface area contributed by atoms with Gasteiger partial charge in [0.15, 0.2) is 0 Å². The quantitative estimate of drug-likeness (QED) is 0.660. The molecule has 102 valence electrons. The lowest BCUT2D eigenvalue weighted by Crippen LogP contribution is -2.57. The molecule has 0 aliphatic heterocycles. The molecule has 0 unspecified atom stereocenters. The molecule has 1 aliphatic rings. The van der Waals surface area contributed by atoms with Crippen LogP contribution in [0.4, 0.5) is 0 Å². The summed E-state index contributed by atoms with van der Waals surface area (Å²) >= 11 is 0. The molecule has 6 heteroatoms. The normalized spacial score (nSPS) is 20.7. The van der Waals surface area contributed by atoms with Gasteiger partial charge in [-0.15, -0.1) is 0 Å². The van der Waals surface area contributed by atoms with E-state index in [0.29, 0.717) is 19.0 Å².